The summed E-state index contributed by atoms with van der Waals surface area (Å²) in [5, 5.41) is 0.447. The van der Waals surface area contributed by atoms with Crippen molar-refractivity contribution in [3.63, 3.8) is 0 Å². The van der Waals surface area contributed by atoms with E-state index in [-0.39, 0.29) is 5.78 Å². The van der Waals surface area contributed by atoms with Crippen molar-refractivity contribution in [2.45, 2.75) is 6.92 Å². The third-order valence-electron chi connectivity index (χ3n) is 1.48. The van der Waals surface area contributed by atoms with E-state index in [0.717, 1.165) is 3.57 Å². The normalized spacial score (nSPS) is 9.92. The molecule has 0 aliphatic carbocycles. The highest BCUT2D eigenvalue weighted by atomic mass is 127. The van der Waals surface area contributed by atoms with Crippen molar-refractivity contribution in [1.82, 2.24) is 0 Å². The molecule has 0 heterocycles. The van der Waals surface area contributed by atoms with Crippen LogP contribution in [0.4, 0.5) is 5.69 Å². The van der Waals surface area contributed by atoms with E-state index in [9.17, 15) is 4.79 Å². The van der Waals surface area contributed by atoms with Crippen molar-refractivity contribution in [2.75, 3.05) is 5.73 Å². The lowest BCUT2D eigenvalue weighted by Crippen LogP contribution is -2.01. The van der Waals surface area contributed by atoms with Crippen LogP contribution in [-0.4, -0.2) is 5.78 Å². The molecule has 0 aliphatic rings. The van der Waals surface area contributed by atoms with E-state index in [1.807, 2.05) is 0 Å². The number of nitrogen functional groups attached to an aromatic ring is 1. The second-order valence-corrected chi connectivity index (χ2v) is 3.92. The summed E-state index contributed by atoms with van der Waals surface area (Å²) in [7, 11) is 0. The van der Waals surface area contributed by atoms with Gasteiger partial charge < -0.3 is 5.73 Å². The zero-order valence-electron chi connectivity index (χ0n) is 6.40. The molecule has 1 aromatic rings. The maximum Gasteiger partial charge on any atom is 0.163 e. The number of hydrogen-bond acceptors (Lipinski definition) is 2. The molecule has 0 bridgehead atoms. The Balaban J connectivity index is 3.43. The maximum atomic E-state index is 11.1. The molecule has 12 heavy (non-hydrogen) atoms. The Hall–Kier alpha value is -0.290. The second-order valence-electron chi connectivity index (χ2n) is 2.38. The Morgan fingerprint density at radius 2 is 2.17 bits per heavy atom. The zero-order chi connectivity index (χ0) is 9.30. The Kier molecular flexibility index (Phi) is 2.95. The quantitative estimate of drug-likeness (QED) is 0.492. The first kappa shape index (κ1) is 9.80. The number of carbonyl (C=O) groups excluding carboxylic acids is 1. The van der Waals surface area contributed by atoms with Crippen LogP contribution in [0, 0.1) is 3.57 Å². The van der Waals surface area contributed by atoms with Crippen LogP contribution in [0.3, 0.4) is 0 Å². The molecule has 4 heteroatoms. The summed E-state index contributed by atoms with van der Waals surface area (Å²) in [6.07, 6.45) is 0. The molecule has 0 atom stereocenters. The highest BCUT2D eigenvalue weighted by Gasteiger charge is 2.11. The number of rotatable bonds is 1. The molecule has 0 aromatic heterocycles. The first-order chi connectivity index (χ1) is 5.54. The summed E-state index contributed by atoms with van der Waals surface area (Å²) in [5.41, 5.74) is 6.44. The molecule has 2 N–H and O–H groups in total. The number of nitrogens with two attached hydrogens (primary N) is 1. The van der Waals surface area contributed by atoms with Gasteiger partial charge in [0.25, 0.3) is 0 Å². The van der Waals surface area contributed by atoms with Gasteiger partial charge in [-0.3, -0.25) is 4.79 Å². The Labute approximate surface area is 89.2 Å². The summed E-state index contributed by atoms with van der Waals surface area (Å²) in [4.78, 5) is 11.1. The van der Waals surface area contributed by atoms with E-state index in [4.69, 9.17) is 17.3 Å². The van der Waals surface area contributed by atoms with Crippen molar-refractivity contribution >= 4 is 45.7 Å². The first-order valence-corrected chi connectivity index (χ1v) is 4.74. The van der Waals surface area contributed by atoms with Crippen LogP contribution >= 0.6 is 34.2 Å². The zero-order valence-corrected chi connectivity index (χ0v) is 9.31. The van der Waals surface area contributed by atoms with Crippen LogP contribution in [0.25, 0.3) is 0 Å². The van der Waals surface area contributed by atoms with Gasteiger partial charge in [0.05, 0.1) is 10.6 Å². The molecule has 64 valence electrons. The van der Waals surface area contributed by atoms with Crippen LogP contribution in [0.5, 0.6) is 0 Å². The predicted molar refractivity (Wildman–Crippen MR) is 58.6 cm³/mol. The molecule has 0 spiro atoms. The van der Waals surface area contributed by atoms with E-state index in [2.05, 4.69) is 22.6 Å². The van der Waals surface area contributed by atoms with Crippen molar-refractivity contribution in [2.24, 2.45) is 0 Å². The molecule has 0 amide bonds. The monoisotopic (exact) mass is 295 g/mol. The summed E-state index contributed by atoms with van der Waals surface area (Å²) in [6.45, 7) is 1.45. The molecule has 0 radical (unpaired) electrons. The lowest BCUT2D eigenvalue weighted by atomic mass is 10.1. The summed E-state index contributed by atoms with van der Waals surface area (Å²) in [5.74, 6) is -0.101. The number of hydrogen-bond donors (Lipinski definition) is 1. The number of carbonyl (C=O) groups is 1. The fraction of sp³-hybridized carbons (Fsp3) is 0.125. The highest BCUT2D eigenvalue weighted by Crippen LogP contribution is 2.27. The fourth-order valence-electron chi connectivity index (χ4n) is 0.923. The number of anilines is 1. The summed E-state index contributed by atoms with van der Waals surface area (Å²) < 4.78 is 0.841. The van der Waals surface area contributed by atoms with E-state index in [1.54, 1.807) is 12.1 Å². The van der Waals surface area contributed by atoms with Crippen LogP contribution in [0.2, 0.25) is 5.02 Å². The Morgan fingerprint density at radius 1 is 1.58 bits per heavy atom. The largest absolute Gasteiger partial charge is 0.398 e. The van der Waals surface area contributed by atoms with Crippen molar-refractivity contribution in [1.29, 1.82) is 0 Å². The SMILES string of the molecule is CC(=O)c1c(N)ccc(I)c1Cl. The van der Waals surface area contributed by atoms with Crippen molar-refractivity contribution in [3.8, 4) is 0 Å². The van der Waals surface area contributed by atoms with E-state index >= 15 is 0 Å². The van der Waals surface area contributed by atoms with Crippen molar-refractivity contribution < 1.29 is 4.79 Å². The number of benzene rings is 1. The molecule has 0 aliphatic heterocycles. The van der Waals surface area contributed by atoms with Gasteiger partial charge in [0.2, 0.25) is 0 Å². The Morgan fingerprint density at radius 3 is 2.58 bits per heavy atom. The maximum absolute atomic E-state index is 11.1. The number of Topliss-reactive ketones (excluding diaryl/α,β-unsaturated/α-hetero) is 1. The third kappa shape index (κ3) is 1.72. The van der Waals surface area contributed by atoms with Gasteiger partial charge in [-0.1, -0.05) is 11.6 Å². The van der Waals surface area contributed by atoms with Gasteiger partial charge in [0.1, 0.15) is 0 Å². The fourth-order valence-corrected chi connectivity index (χ4v) is 1.68. The summed E-state index contributed by atoms with van der Waals surface area (Å²) >= 11 is 7.95. The Bertz CT molecular complexity index is 338. The van der Waals surface area contributed by atoms with Crippen LogP contribution in [0.1, 0.15) is 17.3 Å². The number of halogens is 2. The van der Waals surface area contributed by atoms with Crippen LogP contribution in [0.15, 0.2) is 12.1 Å². The average Bonchev–Trinajstić information content (AvgIpc) is 1.97. The summed E-state index contributed by atoms with van der Waals surface area (Å²) in [6, 6.07) is 3.47. The lowest BCUT2D eigenvalue weighted by Gasteiger charge is -2.05. The van der Waals surface area contributed by atoms with Gasteiger partial charge in [0.15, 0.2) is 5.78 Å². The van der Waals surface area contributed by atoms with Gasteiger partial charge in [-0.05, 0) is 41.6 Å². The molecule has 0 saturated carbocycles. The molecule has 1 aromatic carbocycles. The highest BCUT2D eigenvalue weighted by molar-refractivity contribution is 14.1. The van der Waals surface area contributed by atoms with Gasteiger partial charge >= 0.3 is 0 Å². The molecule has 1 rings (SSSR count). The third-order valence-corrected chi connectivity index (χ3v) is 3.09. The van der Waals surface area contributed by atoms with Gasteiger partial charge in [-0.25, -0.2) is 0 Å². The van der Waals surface area contributed by atoms with Gasteiger partial charge in [0, 0.05) is 9.26 Å². The molecule has 0 saturated heterocycles. The van der Waals surface area contributed by atoms with Gasteiger partial charge in [-0.15, -0.1) is 0 Å². The van der Waals surface area contributed by atoms with E-state index in [1.165, 1.54) is 6.92 Å². The van der Waals surface area contributed by atoms with E-state index in [0.29, 0.717) is 16.3 Å². The van der Waals surface area contributed by atoms with Crippen LogP contribution in [-0.2, 0) is 0 Å². The molecule has 0 unspecified atom stereocenters. The van der Waals surface area contributed by atoms with Gasteiger partial charge in [-0.2, -0.15) is 0 Å². The molecular weight excluding hydrogens is 288 g/mol. The predicted octanol–water partition coefficient (Wildman–Crippen LogP) is 2.73. The number of ketones is 1. The van der Waals surface area contributed by atoms with E-state index < -0.39 is 0 Å². The minimum absolute atomic E-state index is 0.101. The minimum Gasteiger partial charge on any atom is -0.398 e. The first-order valence-electron chi connectivity index (χ1n) is 3.28. The minimum atomic E-state index is -0.101. The average molecular weight is 296 g/mol. The smallest absolute Gasteiger partial charge is 0.163 e. The molecule has 0 fully saturated rings. The van der Waals surface area contributed by atoms with Crippen molar-refractivity contribution in [3.05, 3.63) is 26.3 Å². The standard InChI is InChI=1S/C8H7ClINO/c1-4(12)7-6(11)3-2-5(10)8(7)9/h2-3H,11H2,1H3. The molecular formula is C8H7ClINO. The second kappa shape index (κ2) is 3.62. The topological polar surface area (TPSA) is 43.1 Å². The lowest BCUT2D eigenvalue weighted by molar-refractivity contribution is 0.101. The van der Waals surface area contributed by atoms with Crippen LogP contribution < -0.4 is 5.73 Å². The molecule has 2 nitrogen and oxygen atoms in total.